The van der Waals surface area contributed by atoms with E-state index >= 15 is 0 Å². The number of aryl methyl sites for hydroxylation is 2. The van der Waals surface area contributed by atoms with Gasteiger partial charge in [-0.15, -0.1) is 10.2 Å². The molecule has 9 heteroatoms. The molecule has 4 aromatic rings. The maximum absolute atomic E-state index is 12.5. The molecular formula is C26H24BrN5O2S. The van der Waals surface area contributed by atoms with E-state index < -0.39 is 0 Å². The summed E-state index contributed by atoms with van der Waals surface area (Å²) in [6.45, 7) is 4.09. The number of carbonyl (C=O) groups is 1. The number of ether oxygens (including phenoxy) is 1. The van der Waals surface area contributed by atoms with Gasteiger partial charge in [-0.3, -0.25) is 9.36 Å². The average molecular weight is 550 g/mol. The van der Waals surface area contributed by atoms with E-state index in [-0.39, 0.29) is 11.7 Å². The van der Waals surface area contributed by atoms with Crippen LogP contribution in [0.1, 0.15) is 16.7 Å². The van der Waals surface area contributed by atoms with Gasteiger partial charge >= 0.3 is 0 Å². The number of hydrogen-bond donors (Lipinski definition) is 1. The van der Waals surface area contributed by atoms with Crippen LogP contribution < -0.4 is 10.2 Å². The zero-order valence-corrected chi connectivity index (χ0v) is 21.9. The number of nitrogens with one attached hydrogen (secondary N) is 1. The van der Waals surface area contributed by atoms with E-state index in [1.807, 2.05) is 85.1 Å². The second-order valence-corrected chi connectivity index (χ2v) is 9.67. The number of hydrogen-bond acceptors (Lipinski definition) is 6. The van der Waals surface area contributed by atoms with Crippen molar-refractivity contribution in [3.8, 4) is 22.8 Å². The normalized spacial score (nSPS) is 11.1. The number of rotatable bonds is 8. The highest BCUT2D eigenvalue weighted by atomic mass is 79.9. The van der Waals surface area contributed by atoms with Crippen molar-refractivity contribution in [3.05, 3.63) is 87.9 Å². The Morgan fingerprint density at radius 1 is 1.06 bits per heavy atom. The summed E-state index contributed by atoms with van der Waals surface area (Å²) in [4.78, 5) is 12.5. The van der Waals surface area contributed by atoms with E-state index in [2.05, 4.69) is 36.7 Å². The van der Waals surface area contributed by atoms with Gasteiger partial charge < -0.3 is 4.74 Å². The number of thioether (sulfide) groups is 1. The monoisotopic (exact) mass is 549 g/mol. The van der Waals surface area contributed by atoms with Crippen molar-refractivity contribution < 1.29 is 9.53 Å². The fourth-order valence-electron chi connectivity index (χ4n) is 3.32. The van der Waals surface area contributed by atoms with E-state index in [1.165, 1.54) is 17.3 Å². The van der Waals surface area contributed by atoms with Crippen LogP contribution in [0.3, 0.4) is 0 Å². The van der Waals surface area contributed by atoms with Crippen molar-refractivity contribution in [2.75, 3.05) is 12.9 Å². The number of aromatic nitrogens is 3. The molecule has 4 rings (SSSR count). The number of hydrazone groups is 1. The van der Waals surface area contributed by atoms with E-state index in [0.29, 0.717) is 10.9 Å². The van der Waals surface area contributed by atoms with E-state index in [9.17, 15) is 4.79 Å². The predicted molar refractivity (Wildman–Crippen MR) is 143 cm³/mol. The number of halogens is 1. The fourth-order valence-corrected chi connectivity index (χ4v) is 4.44. The van der Waals surface area contributed by atoms with Crippen molar-refractivity contribution in [1.29, 1.82) is 0 Å². The van der Waals surface area contributed by atoms with Gasteiger partial charge in [-0.05, 0) is 44.2 Å². The largest absolute Gasteiger partial charge is 0.496 e. The van der Waals surface area contributed by atoms with Crippen LogP contribution in [0.2, 0.25) is 0 Å². The van der Waals surface area contributed by atoms with Crippen LogP contribution >= 0.6 is 27.7 Å². The summed E-state index contributed by atoms with van der Waals surface area (Å²) >= 11 is 4.73. The van der Waals surface area contributed by atoms with Crippen LogP contribution in [-0.4, -0.2) is 39.7 Å². The highest BCUT2D eigenvalue weighted by Crippen LogP contribution is 2.28. The smallest absolute Gasteiger partial charge is 0.250 e. The lowest BCUT2D eigenvalue weighted by Gasteiger charge is -2.11. The minimum absolute atomic E-state index is 0.130. The van der Waals surface area contributed by atoms with Crippen LogP contribution in [0.15, 0.2) is 81.5 Å². The number of carbonyl (C=O) groups excluding carboxylic acids is 1. The minimum atomic E-state index is -0.254. The summed E-state index contributed by atoms with van der Waals surface area (Å²) < 4.78 is 8.18. The molecule has 0 spiro atoms. The Hall–Kier alpha value is -3.43. The van der Waals surface area contributed by atoms with Crippen molar-refractivity contribution >= 4 is 39.8 Å². The molecule has 178 valence electrons. The van der Waals surface area contributed by atoms with Crippen molar-refractivity contribution in [3.63, 3.8) is 0 Å². The van der Waals surface area contributed by atoms with Gasteiger partial charge in [0, 0.05) is 21.3 Å². The lowest BCUT2D eigenvalue weighted by atomic mass is 10.1. The zero-order chi connectivity index (χ0) is 24.8. The molecule has 35 heavy (non-hydrogen) atoms. The molecule has 3 aromatic carbocycles. The molecule has 0 bridgehead atoms. The molecule has 0 aliphatic heterocycles. The van der Waals surface area contributed by atoms with E-state index in [0.717, 1.165) is 32.7 Å². The first-order valence-corrected chi connectivity index (χ1v) is 12.6. The van der Waals surface area contributed by atoms with Gasteiger partial charge in [-0.1, -0.05) is 75.2 Å². The summed E-state index contributed by atoms with van der Waals surface area (Å²) in [7, 11) is 1.59. The van der Waals surface area contributed by atoms with Crippen molar-refractivity contribution in [2.24, 2.45) is 5.10 Å². The first kappa shape index (κ1) is 24.7. The van der Waals surface area contributed by atoms with Gasteiger partial charge in [0.2, 0.25) is 0 Å². The molecule has 0 unspecified atom stereocenters. The average Bonchev–Trinajstić information content (AvgIpc) is 3.28. The third-order valence-corrected chi connectivity index (χ3v) is 6.57. The van der Waals surface area contributed by atoms with Crippen LogP contribution in [0.4, 0.5) is 0 Å². The Morgan fingerprint density at radius 2 is 1.74 bits per heavy atom. The lowest BCUT2D eigenvalue weighted by Crippen LogP contribution is -2.20. The molecule has 0 saturated heterocycles. The molecule has 1 amide bonds. The fraction of sp³-hybridized carbons (Fsp3) is 0.154. The maximum atomic E-state index is 12.5. The van der Waals surface area contributed by atoms with Crippen LogP contribution in [-0.2, 0) is 4.79 Å². The second-order valence-electron chi connectivity index (χ2n) is 7.81. The minimum Gasteiger partial charge on any atom is -0.496 e. The standard InChI is InChI=1S/C26H24BrN5O2S/c1-17-4-8-19(9-5-17)25-30-31-26(32(25)22-11-6-18(2)7-12-22)35-16-24(33)29-28-15-20-14-21(27)10-13-23(20)34-3/h4-15H,16H2,1-3H3,(H,29,33)/b28-15+. The molecule has 0 aliphatic carbocycles. The molecule has 0 aliphatic rings. The van der Waals surface area contributed by atoms with Gasteiger partial charge in [0.25, 0.3) is 5.91 Å². The molecular weight excluding hydrogens is 526 g/mol. The van der Waals surface area contributed by atoms with E-state index in [1.54, 1.807) is 13.3 Å². The van der Waals surface area contributed by atoms with Crippen molar-refractivity contribution in [1.82, 2.24) is 20.2 Å². The third-order valence-electron chi connectivity index (χ3n) is 5.15. The quantitative estimate of drug-likeness (QED) is 0.176. The highest BCUT2D eigenvalue weighted by molar-refractivity contribution is 9.10. The summed E-state index contributed by atoms with van der Waals surface area (Å²) in [5.41, 5.74) is 7.52. The van der Waals surface area contributed by atoms with Crippen LogP contribution in [0.25, 0.3) is 17.1 Å². The maximum Gasteiger partial charge on any atom is 0.250 e. The second kappa shape index (κ2) is 11.3. The number of methoxy groups -OCH3 is 1. The molecule has 1 aromatic heterocycles. The van der Waals surface area contributed by atoms with E-state index in [4.69, 9.17) is 4.74 Å². The predicted octanol–water partition coefficient (Wildman–Crippen LogP) is 5.56. The van der Waals surface area contributed by atoms with Gasteiger partial charge in [0.15, 0.2) is 11.0 Å². The van der Waals surface area contributed by atoms with Gasteiger partial charge in [0.05, 0.1) is 19.1 Å². The number of benzene rings is 3. The van der Waals surface area contributed by atoms with Crippen LogP contribution in [0, 0.1) is 13.8 Å². The first-order chi connectivity index (χ1) is 16.9. The summed E-state index contributed by atoms with van der Waals surface area (Å²) in [6, 6.07) is 21.8. The molecule has 0 fully saturated rings. The summed E-state index contributed by atoms with van der Waals surface area (Å²) in [5.74, 6) is 1.26. The summed E-state index contributed by atoms with van der Waals surface area (Å²) in [5, 5.41) is 13.5. The topological polar surface area (TPSA) is 81.4 Å². The molecule has 7 nitrogen and oxygen atoms in total. The van der Waals surface area contributed by atoms with Gasteiger partial charge in [-0.25, -0.2) is 5.43 Å². The van der Waals surface area contributed by atoms with Gasteiger partial charge in [-0.2, -0.15) is 5.10 Å². The Balaban J connectivity index is 1.51. The molecule has 1 N–H and O–H groups in total. The SMILES string of the molecule is COc1ccc(Br)cc1/C=N/NC(=O)CSc1nnc(-c2ccc(C)cc2)n1-c1ccc(C)cc1. The van der Waals surface area contributed by atoms with Gasteiger partial charge in [0.1, 0.15) is 5.75 Å². The number of amides is 1. The molecule has 0 saturated carbocycles. The Kier molecular flexibility index (Phi) is 7.99. The van der Waals surface area contributed by atoms with Crippen LogP contribution in [0.5, 0.6) is 5.75 Å². The molecule has 0 atom stereocenters. The summed E-state index contributed by atoms with van der Waals surface area (Å²) in [6.07, 6.45) is 1.55. The highest BCUT2D eigenvalue weighted by Gasteiger charge is 2.17. The third kappa shape index (κ3) is 6.17. The Labute approximate surface area is 216 Å². The molecule has 0 radical (unpaired) electrons. The zero-order valence-electron chi connectivity index (χ0n) is 19.5. The lowest BCUT2D eigenvalue weighted by molar-refractivity contribution is -0.118. The molecule has 1 heterocycles. The first-order valence-electron chi connectivity index (χ1n) is 10.8. The number of nitrogens with zero attached hydrogens (tertiary/aromatic N) is 4. The Morgan fingerprint density at radius 3 is 2.43 bits per heavy atom. The van der Waals surface area contributed by atoms with Crippen molar-refractivity contribution in [2.45, 2.75) is 19.0 Å². The Bertz CT molecular complexity index is 1350.